The molecule has 2 amide bonds. The Hall–Kier alpha value is -2.42. The van der Waals surface area contributed by atoms with Crippen molar-refractivity contribution in [3.8, 4) is 0 Å². The van der Waals surface area contributed by atoms with E-state index in [4.69, 9.17) is 0 Å². The molecule has 148 valence electrons. The predicted molar refractivity (Wildman–Crippen MR) is 100 cm³/mol. The first-order chi connectivity index (χ1) is 12.9. The van der Waals surface area contributed by atoms with E-state index in [0.29, 0.717) is 25.5 Å². The molecule has 27 heavy (non-hydrogen) atoms. The number of carbonyl (C=O) groups excluding carboxylic acids is 1. The summed E-state index contributed by atoms with van der Waals surface area (Å²) in [5, 5.41) is 25.0. The number of nitrogens with one attached hydrogen (secondary N) is 1. The van der Waals surface area contributed by atoms with Gasteiger partial charge in [-0.3, -0.25) is 4.68 Å². The zero-order valence-electron chi connectivity index (χ0n) is 16.6. The van der Waals surface area contributed by atoms with Crippen molar-refractivity contribution in [3.63, 3.8) is 0 Å². The molecule has 2 N–H and O–H groups in total. The van der Waals surface area contributed by atoms with Gasteiger partial charge >= 0.3 is 6.03 Å². The van der Waals surface area contributed by atoms with Crippen molar-refractivity contribution in [2.24, 2.45) is 7.05 Å². The van der Waals surface area contributed by atoms with E-state index < -0.39 is 0 Å². The fourth-order valence-electron chi connectivity index (χ4n) is 3.63. The molecule has 0 aromatic carbocycles. The molecule has 1 aliphatic rings. The van der Waals surface area contributed by atoms with Crippen LogP contribution in [-0.4, -0.2) is 60.2 Å². The van der Waals surface area contributed by atoms with Crippen LogP contribution in [0.1, 0.15) is 47.4 Å². The number of nitrogens with zero attached hydrogens (tertiary/aromatic N) is 6. The first-order valence-electron chi connectivity index (χ1n) is 9.44. The molecular formula is C18H29N7O2. The van der Waals surface area contributed by atoms with Gasteiger partial charge in [0.15, 0.2) is 5.82 Å². The largest absolute Gasteiger partial charge is 0.388 e. The fourth-order valence-corrected chi connectivity index (χ4v) is 3.63. The van der Waals surface area contributed by atoms with Gasteiger partial charge in [0.25, 0.3) is 0 Å². The van der Waals surface area contributed by atoms with Crippen LogP contribution in [0.15, 0.2) is 0 Å². The van der Waals surface area contributed by atoms with E-state index in [1.165, 1.54) is 5.56 Å². The number of aryl methyl sites for hydroxylation is 1. The van der Waals surface area contributed by atoms with Gasteiger partial charge < -0.3 is 19.9 Å². The predicted octanol–water partition coefficient (Wildman–Crippen LogP) is 1.02. The number of amides is 2. The highest BCUT2D eigenvalue weighted by atomic mass is 16.3. The highest BCUT2D eigenvalue weighted by Crippen LogP contribution is 2.25. The molecule has 1 aliphatic heterocycles. The molecule has 9 nitrogen and oxygen atoms in total. The molecule has 1 atom stereocenters. The van der Waals surface area contributed by atoms with Gasteiger partial charge in [-0.25, -0.2) is 4.79 Å². The van der Waals surface area contributed by atoms with Gasteiger partial charge in [0.05, 0.1) is 12.2 Å². The number of carbonyl (C=O) groups is 1. The zero-order valence-corrected chi connectivity index (χ0v) is 16.6. The Morgan fingerprint density at radius 2 is 2.07 bits per heavy atom. The van der Waals surface area contributed by atoms with Crippen LogP contribution in [0.25, 0.3) is 0 Å². The minimum atomic E-state index is -0.133. The lowest BCUT2D eigenvalue weighted by Crippen LogP contribution is -2.46. The molecule has 0 aliphatic carbocycles. The summed E-state index contributed by atoms with van der Waals surface area (Å²) in [6.07, 6.45) is 1.89. The third-order valence-corrected chi connectivity index (χ3v) is 5.56. The summed E-state index contributed by atoms with van der Waals surface area (Å²) in [7, 11) is 1.86. The van der Waals surface area contributed by atoms with Crippen LogP contribution >= 0.6 is 0 Å². The Bertz CT molecular complexity index is 811. The normalized spacial score (nSPS) is 17.4. The van der Waals surface area contributed by atoms with E-state index in [2.05, 4.69) is 27.5 Å². The van der Waals surface area contributed by atoms with Crippen LogP contribution in [-0.2, 0) is 20.2 Å². The lowest BCUT2D eigenvalue weighted by atomic mass is 9.97. The molecule has 2 aromatic rings. The van der Waals surface area contributed by atoms with Gasteiger partial charge in [0, 0.05) is 38.3 Å². The van der Waals surface area contributed by atoms with Crippen LogP contribution in [0.5, 0.6) is 0 Å². The Labute approximate surface area is 159 Å². The molecule has 0 radical (unpaired) electrons. The summed E-state index contributed by atoms with van der Waals surface area (Å²) in [6.45, 7) is 8.54. The maximum absolute atomic E-state index is 12.6. The Kier molecular flexibility index (Phi) is 5.79. The van der Waals surface area contributed by atoms with Crippen molar-refractivity contribution in [1.82, 2.24) is 34.8 Å². The number of piperidine rings is 1. The van der Waals surface area contributed by atoms with Gasteiger partial charge in [-0.1, -0.05) is 0 Å². The zero-order chi connectivity index (χ0) is 19.6. The quantitative estimate of drug-likeness (QED) is 0.812. The SMILES string of the molecule is Cc1nn(CCNC(=O)N2CCCC(c3nnc(CO)n3C)C2)c(C)c1C. The number of aliphatic hydroxyl groups excluding tert-OH is 1. The van der Waals surface area contributed by atoms with E-state index in [0.717, 1.165) is 36.6 Å². The van der Waals surface area contributed by atoms with E-state index in [9.17, 15) is 9.90 Å². The second-order valence-corrected chi connectivity index (χ2v) is 7.23. The summed E-state index contributed by atoms with van der Waals surface area (Å²) in [5.74, 6) is 1.52. The van der Waals surface area contributed by atoms with Crippen LogP contribution in [0, 0.1) is 20.8 Å². The molecule has 0 bridgehead atoms. The van der Waals surface area contributed by atoms with Crippen molar-refractivity contribution in [2.75, 3.05) is 19.6 Å². The minimum absolute atomic E-state index is 0.0532. The fraction of sp³-hybridized carbons (Fsp3) is 0.667. The number of aromatic nitrogens is 5. The van der Waals surface area contributed by atoms with Crippen molar-refractivity contribution in [1.29, 1.82) is 0 Å². The molecule has 3 heterocycles. The van der Waals surface area contributed by atoms with E-state index in [-0.39, 0.29) is 18.6 Å². The van der Waals surface area contributed by atoms with E-state index >= 15 is 0 Å². The highest BCUT2D eigenvalue weighted by Gasteiger charge is 2.28. The molecule has 1 unspecified atom stereocenters. The first-order valence-corrected chi connectivity index (χ1v) is 9.44. The van der Waals surface area contributed by atoms with Crippen LogP contribution in [0.4, 0.5) is 4.79 Å². The standard InChI is InChI=1S/C18H29N7O2/c1-12-13(2)22-25(14(12)3)9-7-19-18(27)24-8-5-6-15(10-24)17-21-20-16(11-26)23(17)4/h15,26H,5-11H2,1-4H3,(H,19,27). The van der Waals surface area contributed by atoms with Crippen molar-refractivity contribution < 1.29 is 9.90 Å². The van der Waals surface area contributed by atoms with Crippen LogP contribution in [0.3, 0.4) is 0 Å². The summed E-state index contributed by atoms with van der Waals surface area (Å²) < 4.78 is 3.77. The van der Waals surface area contributed by atoms with E-state index in [1.54, 1.807) is 0 Å². The number of urea groups is 1. The topological polar surface area (TPSA) is 101 Å². The summed E-state index contributed by atoms with van der Waals surface area (Å²) in [6, 6.07) is -0.0532. The van der Waals surface area contributed by atoms with Gasteiger partial charge in [-0.2, -0.15) is 5.10 Å². The average Bonchev–Trinajstić information content (AvgIpc) is 3.16. The number of rotatable bonds is 5. The summed E-state index contributed by atoms with van der Waals surface area (Å²) in [4.78, 5) is 14.4. The van der Waals surface area contributed by atoms with Crippen LogP contribution < -0.4 is 5.32 Å². The van der Waals surface area contributed by atoms with Crippen molar-refractivity contribution >= 4 is 6.03 Å². The highest BCUT2D eigenvalue weighted by molar-refractivity contribution is 5.74. The lowest BCUT2D eigenvalue weighted by molar-refractivity contribution is 0.177. The second kappa shape index (κ2) is 8.08. The van der Waals surface area contributed by atoms with Crippen molar-refractivity contribution in [2.45, 2.75) is 52.7 Å². The number of hydrogen-bond donors (Lipinski definition) is 2. The number of likely N-dealkylation sites (tertiary alicyclic amines) is 1. The van der Waals surface area contributed by atoms with Gasteiger partial charge in [0.1, 0.15) is 12.4 Å². The number of hydrogen-bond acceptors (Lipinski definition) is 5. The molecule has 0 saturated carbocycles. The van der Waals surface area contributed by atoms with Crippen LogP contribution in [0.2, 0.25) is 0 Å². The summed E-state index contributed by atoms with van der Waals surface area (Å²) in [5.41, 5.74) is 3.37. The Morgan fingerprint density at radius 1 is 1.30 bits per heavy atom. The molecule has 3 rings (SSSR count). The molecule has 1 fully saturated rings. The number of aliphatic hydroxyl groups is 1. The van der Waals surface area contributed by atoms with Crippen molar-refractivity contribution in [3.05, 3.63) is 28.6 Å². The first kappa shape index (κ1) is 19.3. The molecule has 9 heteroatoms. The van der Waals surface area contributed by atoms with Gasteiger partial charge in [-0.15, -0.1) is 10.2 Å². The molecule has 2 aromatic heterocycles. The smallest absolute Gasteiger partial charge is 0.317 e. The third-order valence-electron chi connectivity index (χ3n) is 5.56. The second-order valence-electron chi connectivity index (χ2n) is 7.23. The molecular weight excluding hydrogens is 346 g/mol. The summed E-state index contributed by atoms with van der Waals surface area (Å²) >= 11 is 0. The van der Waals surface area contributed by atoms with Gasteiger partial charge in [-0.05, 0) is 39.2 Å². The maximum atomic E-state index is 12.6. The third kappa shape index (κ3) is 3.97. The Balaban J connectivity index is 1.55. The Morgan fingerprint density at radius 3 is 2.70 bits per heavy atom. The molecule has 1 saturated heterocycles. The molecule has 0 spiro atoms. The minimum Gasteiger partial charge on any atom is -0.388 e. The average molecular weight is 375 g/mol. The van der Waals surface area contributed by atoms with E-state index in [1.807, 2.05) is 35.0 Å². The lowest BCUT2D eigenvalue weighted by Gasteiger charge is -2.32. The maximum Gasteiger partial charge on any atom is 0.317 e. The van der Waals surface area contributed by atoms with Gasteiger partial charge in [0.2, 0.25) is 0 Å². The monoisotopic (exact) mass is 375 g/mol.